The van der Waals surface area contributed by atoms with Gasteiger partial charge in [-0.15, -0.1) is 0 Å². The summed E-state index contributed by atoms with van der Waals surface area (Å²) in [5, 5.41) is 9.74. The van der Waals surface area contributed by atoms with Crippen molar-refractivity contribution in [1.82, 2.24) is 0 Å². The molecule has 0 heterocycles. The molecule has 5 heteroatoms. The van der Waals surface area contributed by atoms with Gasteiger partial charge in [0.25, 0.3) is 0 Å². The molecule has 2 aromatic rings. The van der Waals surface area contributed by atoms with E-state index in [1.165, 1.54) is 7.11 Å². The summed E-state index contributed by atoms with van der Waals surface area (Å²) in [4.78, 5) is 23.4. The number of ether oxygens (including phenoxy) is 1. The fourth-order valence-electron chi connectivity index (χ4n) is 3.33. The molecule has 24 heavy (non-hydrogen) atoms. The van der Waals surface area contributed by atoms with Crippen LogP contribution in [0.2, 0.25) is 0 Å². The zero-order valence-corrected chi connectivity index (χ0v) is 13.4. The highest BCUT2D eigenvalue weighted by atomic mass is 16.5. The fraction of sp³-hybridized carbons (Fsp3) is 0.263. The van der Waals surface area contributed by atoms with Crippen molar-refractivity contribution in [3.63, 3.8) is 0 Å². The third-order valence-electron chi connectivity index (χ3n) is 4.66. The molecule has 3 rings (SSSR count). The van der Waals surface area contributed by atoms with E-state index in [4.69, 9.17) is 5.73 Å². The van der Waals surface area contributed by atoms with Gasteiger partial charge in [0, 0.05) is 6.42 Å². The molecule has 0 saturated heterocycles. The third kappa shape index (κ3) is 2.57. The second-order valence-electron chi connectivity index (χ2n) is 6.02. The van der Waals surface area contributed by atoms with Crippen LogP contribution in [0.1, 0.15) is 29.5 Å². The van der Waals surface area contributed by atoms with Crippen LogP contribution in [0.25, 0.3) is 11.1 Å². The first-order chi connectivity index (χ1) is 11.5. The van der Waals surface area contributed by atoms with Gasteiger partial charge in [-0.05, 0) is 40.7 Å². The molecule has 0 radical (unpaired) electrons. The molecule has 0 bridgehead atoms. The van der Waals surface area contributed by atoms with Crippen molar-refractivity contribution in [3.05, 3.63) is 59.2 Å². The van der Waals surface area contributed by atoms with Gasteiger partial charge in [0.15, 0.2) is 0 Å². The molecule has 0 aromatic heterocycles. The quantitative estimate of drug-likeness (QED) is 0.703. The van der Waals surface area contributed by atoms with E-state index in [1.807, 2.05) is 36.4 Å². The summed E-state index contributed by atoms with van der Waals surface area (Å²) in [7, 11) is 1.28. The number of fused-ring (bicyclic) bond motifs is 3. The molecule has 1 aliphatic carbocycles. The summed E-state index contributed by atoms with van der Waals surface area (Å²) in [6, 6.07) is 13.5. The molecular formula is C19H19NO4. The molecule has 0 fully saturated rings. The predicted molar refractivity (Wildman–Crippen MR) is 89.4 cm³/mol. The van der Waals surface area contributed by atoms with Crippen molar-refractivity contribution in [2.24, 2.45) is 5.73 Å². The van der Waals surface area contributed by atoms with Crippen LogP contribution < -0.4 is 5.73 Å². The monoisotopic (exact) mass is 325 g/mol. The van der Waals surface area contributed by atoms with Crippen LogP contribution in [0, 0.1) is 0 Å². The minimum Gasteiger partial charge on any atom is -0.480 e. The summed E-state index contributed by atoms with van der Waals surface area (Å²) in [6.45, 7) is 0. The van der Waals surface area contributed by atoms with Crippen LogP contribution in [-0.2, 0) is 26.3 Å². The highest BCUT2D eigenvalue weighted by molar-refractivity contribution is 5.86. The number of benzene rings is 2. The lowest BCUT2D eigenvalue weighted by Gasteiger charge is -2.27. The van der Waals surface area contributed by atoms with Crippen molar-refractivity contribution < 1.29 is 19.4 Å². The molecule has 5 nitrogen and oxygen atoms in total. The predicted octanol–water partition coefficient (Wildman–Crippen LogP) is 2.45. The Labute approximate surface area is 140 Å². The van der Waals surface area contributed by atoms with E-state index >= 15 is 0 Å². The molecular weight excluding hydrogens is 306 g/mol. The Morgan fingerprint density at radius 1 is 1.17 bits per heavy atom. The number of carboxylic acids is 1. The van der Waals surface area contributed by atoms with Crippen molar-refractivity contribution in [2.45, 2.75) is 24.8 Å². The van der Waals surface area contributed by atoms with Gasteiger partial charge in [0.1, 0.15) is 5.54 Å². The number of hydrogen-bond donors (Lipinski definition) is 2. The summed E-state index contributed by atoms with van der Waals surface area (Å²) in [5.41, 5.74) is 9.40. The third-order valence-corrected chi connectivity index (χ3v) is 4.66. The number of carboxylic acid groups (broad SMARTS) is 1. The Balaban J connectivity index is 2.05. The van der Waals surface area contributed by atoms with Gasteiger partial charge in [-0.2, -0.15) is 0 Å². The first kappa shape index (κ1) is 16.2. The number of methoxy groups -OCH3 is 1. The van der Waals surface area contributed by atoms with E-state index in [1.54, 1.807) is 6.07 Å². The average Bonchev–Trinajstić information content (AvgIpc) is 2.97. The Bertz CT molecular complexity index is 815. The van der Waals surface area contributed by atoms with Crippen LogP contribution in [-0.4, -0.2) is 24.2 Å². The van der Waals surface area contributed by atoms with Crippen LogP contribution in [0.15, 0.2) is 42.5 Å². The number of carbonyl (C=O) groups excluding carboxylic acids is 1. The summed E-state index contributed by atoms with van der Waals surface area (Å²) in [5.74, 6) is -1.61. The lowest BCUT2D eigenvalue weighted by Crippen LogP contribution is -2.46. The Morgan fingerprint density at radius 3 is 2.58 bits per heavy atom. The molecule has 2 aromatic carbocycles. The number of esters is 1. The van der Waals surface area contributed by atoms with Gasteiger partial charge in [-0.25, -0.2) is 4.79 Å². The van der Waals surface area contributed by atoms with E-state index in [9.17, 15) is 14.7 Å². The average molecular weight is 325 g/mol. The molecule has 1 aliphatic rings. The van der Waals surface area contributed by atoms with Crippen molar-refractivity contribution in [2.75, 3.05) is 7.11 Å². The Kier molecular flexibility index (Phi) is 4.11. The summed E-state index contributed by atoms with van der Waals surface area (Å²) < 4.78 is 4.62. The van der Waals surface area contributed by atoms with Gasteiger partial charge < -0.3 is 15.6 Å². The van der Waals surface area contributed by atoms with Crippen LogP contribution in [0.4, 0.5) is 0 Å². The van der Waals surface area contributed by atoms with E-state index in [2.05, 4.69) is 4.74 Å². The largest absolute Gasteiger partial charge is 0.480 e. The van der Waals surface area contributed by atoms with E-state index in [-0.39, 0.29) is 12.8 Å². The molecule has 0 saturated carbocycles. The maximum atomic E-state index is 11.9. The second-order valence-corrected chi connectivity index (χ2v) is 6.02. The molecule has 0 amide bonds. The Morgan fingerprint density at radius 2 is 1.88 bits per heavy atom. The van der Waals surface area contributed by atoms with Crippen molar-refractivity contribution >= 4 is 11.9 Å². The zero-order valence-electron chi connectivity index (χ0n) is 13.4. The topological polar surface area (TPSA) is 89.6 Å². The zero-order chi connectivity index (χ0) is 17.3. The van der Waals surface area contributed by atoms with E-state index in [0.29, 0.717) is 12.0 Å². The number of rotatable bonds is 5. The molecule has 0 unspecified atom stereocenters. The fourth-order valence-corrected chi connectivity index (χ4v) is 3.33. The summed E-state index contributed by atoms with van der Waals surface area (Å²) >= 11 is 0. The van der Waals surface area contributed by atoms with Crippen LogP contribution in [0.5, 0.6) is 0 Å². The normalized spacial score (nSPS) is 14.4. The number of nitrogens with two attached hydrogens (primary N) is 1. The van der Waals surface area contributed by atoms with Gasteiger partial charge in [0.05, 0.1) is 7.11 Å². The molecule has 124 valence electrons. The minimum atomic E-state index is -1.62. The standard InChI is InChI=1S/C19H19NO4/c1-24-17(21)9-10-19(20,18(22)23)16-8-4-7-14-13-6-3-2-5-12(13)11-15(14)16/h2-8H,9-11,20H2,1H3,(H,22,23)/t19-/m1/s1. The van der Waals surface area contributed by atoms with Crippen LogP contribution in [0.3, 0.4) is 0 Å². The lowest BCUT2D eigenvalue weighted by atomic mass is 9.82. The SMILES string of the molecule is COC(=O)CC[C@](N)(C(=O)O)c1cccc2c1Cc1ccccc1-2. The van der Waals surface area contributed by atoms with Crippen molar-refractivity contribution in [1.29, 1.82) is 0 Å². The minimum absolute atomic E-state index is 0.0121. The van der Waals surface area contributed by atoms with E-state index < -0.39 is 17.5 Å². The smallest absolute Gasteiger partial charge is 0.328 e. The summed E-state index contributed by atoms with van der Waals surface area (Å²) in [6.07, 6.45) is 0.587. The maximum Gasteiger partial charge on any atom is 0.328 e. The first-order valence-corrected chi connectivity index (χ1v) is 7.77. The van der Waals surface area contributed by atoms with Crippen molar-refractivity contribution in [3.8, 4) is 11.1 Å². The van der Waals surface area contributed by atoms with Gasteiger partial charge in [0.2, 0.25) is 0 Å². The molecule has 1 atom stereocenters. The number of hydrogen-bond acceptors (Lipinski definition) is 4. The van der Waals surface area contributed by atoms with Gasteiger partial charge in [-0.3, -0.25) is 4.79 Å². The van der Waals surface area contributed by atoms with E-state index in [0.717, 1.165) is 22.3 Å². The highest BCUT2D eigenvalue weighted by Gasteiger charge is 2.39. The maximum absolute atomic E-state index is 11.9. The highest BCUT2D eigenvalue weighted by Crippen LogP contribution is 2.41. The van der Waals surface area contributed by atoms with Gasteiger partial charge in [-0.1, -0.05) is 42.5 Å². The second kappa shape index (κ2) is 6.09. The lowest BCUT2D eigenvalue weighted by molar-refractivity contribution is -0.145. The number of aliphatic carboxylic acids is 1. The van der Waals surface area contributed by atoms with Gasteiger partial charge >= 0.3 is 11.9 Å². The molecule has 0 aliphatic heterocycles. The molecule has 0 spiro atoms. The number of carbonyl (C=O) groups is 2. The molecule has 3 N–H and O–H groups in total. The Hall–Kier alpha value is -2.66. The van der Waals surface area contributed by atoms with Crippen LogP contribution >= 0.6 is 0 Å². The first-order valence-electron chi connectivity index (χ1n) is 7.77.